The molecular formula is C43H46F4N6O4S. The number of rotatable bonds is 13. The van der Waals surface area contributed by atoms with Gasteiger partial charge in [-0.2, -0.15) is 5.10 Å². The van der Waals surface area contributed by atoms with Crippen LogP contribution in [0.4, 0.5) is 28.0 Å². The van der Waals surface area contributed by atoms with Crippen molar-refractivity contribution in [3.05, 3.63) is 131 Å². The third-order valence-corrected chi connectivity index (χ3v) is 11.2. The van der Waals surface area contributed by atoms with E-state index in [9.17, 15) is 22.9 Å². The monoisotopic (exact) mass is 818 g/mol. The molecule has 2 amide bonds. The van der Waals surface area contributed by atoms with Gasteiger partial charge in [0.25, 0.3) is 5.91 Å². The predicted octanol–water partition coefficient (Wildman–Crippen LogP) is 9.25. The summed E-state index contributed by atoms with van der Waals surface area (Å²) in [6, 6.07) is 17.4. The molecule has 0 spiro atoms. The Labute approximate surface area is 338 Å². The Bertz CT molecular complexity index is 2290. The van der Waals surface area contributed by atoms with Crippen molar-refractivity contribution in [1.82, 2.24) is 24.8 Å². The van der Waals surface area contributed by atoms with Crippen LogP contribution in [0.1, 0.15) is 94.4 Å². The van der Waals surface area contributed by atoms with E-state index in [1.165, 1.54) is 18.2 Å². The summed E-state index contributed by atoms with van der Waals surface area (Å²) in [6.45, 7) is 10.7. The lowest BCUT2D eigenvalue weighted by atomic mass is 9.80. The first kappa shape index (κ1) is 42.4. The van der Waals surface area contributed by atoms with Gasteiger partial charge >= 0.3 is 6.09 Å². The van der Waals surface area contributed by atoms with Crippen LogP contribution in [-0.4, -0.2) is 41.7 Å². The van der Waals surface area contributed by atoms with E-state index in [4.69, 9.17) is 4.74 Å². The van der Waals surface area contributed by atoms with Crippen LogP contribution in [0.5, 0.6) is 0 Å². The lowest BCUT2D eigenvalue weighted by Crippen LogP contribution is -2.52. The third-order valence-electron chi connectivity index (χ3n) is 9.55. The molecule has 58 heavy (non-hydrogen) atoms. The van der Waals surface area contributed by atoms with Crippen LogP contribution in [0.3, 0.4) is 0 Å². The zero-order valence-corrected chi connectivity index (χ0v) is 33.9. The highest BCUT2D eigenvalue weighted by Crippen LogP contribution is 2.43. The fourth-order valence-electron chi connectivity index (χ4n) is 6.33. The molecule has 10 nitrogen and oxygen atoms in total. The maximum Gasteiger partial charge on any atom is 0.407 e. The molecule has 0 radical (unpaired) electrons. The molecule has 2 atom stereocenters. The maximum atomic E-state index is 15.8. The molecular weight excluding hydrogens is 773 g/mol. The highest BCUT2D eigenvalue weighted by atomic mass is 32.2. The number of carbonyl (C=O) groups excluding carboxylic acids is 2. The normalized spacial score (nSPS) is 14.7. The van der Waals surface area contributed by atoms with Gasteiger partial charge in [-0.05, 0) is 126 Å². The summed E-state index contributed by atoms with van der Waals surface area (Å²) in [7, 11) is 0. The fraction of sp³-hybridized carbons (Fsp3) is 0.349. The maximum absolute atomic E-state index is 15.8. The van der Waals surface area contributed by atoms with E-state index in [2.05, 4.69) is 25.4 Å². The number of aromatic nitrogens is 3. The van der Waals surface area contributed by atoms with Crippen molar-refractivity contribution in [2.75, 3.05) is 5.32 Å². The van der Waals surface area contributed by atoms with Crippen molar-refractivity contribution in [3.63, 3.8) is 0 Å². The molecule has 5 aromatic rings. The minimum absolute atomic E-state index is 0.0294. The molecule has 1 aliphatic carbocycles. The Morgan fingerprint density at radius 3 is 2.31 bits per heavy atom. The molecule has 2 aromatic heterocycles. The lowest BCUT2D eigenvalue weighted by molar-refractivity contribution is 0.0523. The Morgan fingerprint density at radius 2 is 1.64 bits per heavy atom. The van der Waals surface area contributed by atoms with Gasteiger partial charge in [0, 0.05) is 35.9 Å². The van der Waals surface area contributed by atoms with E-state index in [-0.39, 0.29) is 29.3 Å². The van der Waals surface area contributed by atoms with E-state index in [0.717, 1.165) is 36.1 Å². The van der Waals surface area contributed by atoms with Gasteiger partial charge in [-0.15, -0.1) is 4.72 Å². The SMILES string of the molecule is CC(C)(C)OC(=O)NCc1cccc(-n2nc(-c3ccc(F)c(F)c3F)cc2C(=O)Nc2cc(C(CCC3CC3)(N[S+]([O-])C(C)(C)C)c3cccnc3)ccc2F)c1. The van der Waals surface area contributed by atoms with Gasteiger partial charge in [-0.3, -0.25) is 9.78 Å². The largest absolute Gasteiger partial charge is 0.598 e. The van der Waals surface area contributed by atoms with Crippen LogP contribution in [-0.2, 0) is 28.2 Å². The second-order valence-electron chi connectivity index (χ2n) is 16.3. The second-order valence-corrected chi connectivity index (χ2v) is 18.3. The minimum Gasteiger partial charge on any atom is -0.598 e. The van der Waals surface area contributed by atoms with Gasteiger partial charge in [-0.1, -0.05) is 37.1 Å². The predicted molar refractivity (Wildman–Crippen MR) is 214 cm³/mol. The summed E-state index contributed by atoms with van der Waals surface area (Å²) >= 11 is -1.59. The molecule has 2 heterocycles. The standard InChI is InChI=1S/C43H46F4N6O4S/c1-41(2,3)57-40(55)49-24-27-9-7-11-30(21-27)53-36(23-34(51-53)31-15-17-33(45)38(47)37(31)46)39(54)50-35-22-28(14-16-32(35)44)43(19-18-26-12-13-26,29-10-8-20-48-25-29)52-58(56)42(4,5)6/h7-11,14-17,20-23,25-26,52H,12-13,18-19,24H2,1-6H3,(H,49,55)(H,50,54). The fourth-order valence-corrected chi connectivity index (χ4v) is 7.29. The number of amides is 2. The Morgan fingerprint density at radius 1 is 0.897 bits per heavy atom. The topological polar surface area (TPSA) is 133 Å². The van der Waals surface area contributed by atoms with Crippen molar-refractivity contribution in [2.45, 2.75) is 89.7 Å². The van der Waals surface area contributed by atoms with Crippen LogP contribution in [0.25, 0.3) is 16.9 Å². The number of nitrogens with one attached hydrogen (secondary N) is 3. The number of benzene rings is 3. The number of halogens is 4. The molecule has 0 saturated heterocycles. The van der Waals surface area contributed by atoms with Gasteiger partial charge in [0.15, 0.2) is 17.5 Å². The molecule has 6 rings (SSSR count). The number of alkyl carbamates (subject to hydrolysis) is 1. The summed E-state index contributed by atoms with van der Waals surface area (Å²) in [4.78, 5) is 31.0. The molecule has 1 fully saturated rings. The van der Waals surface area contributed by atoms with E-state index < -0.39 is 68.1 Å². The van der Waals surface area contributed by atoms with E-state index in [1.807, 2.05) is 26.8 Å². The Kier molecular flexibility index (Phi) is 12.4. The summed E-state index contributed by atoms with van der Waals surface area (Å²) in [6.07, 6.45) is 6.08. The summed E-state index contributed by atoms with van der Waals surface area (Å²) in [5.41, 5.74) is -0.802. The van der Waals surface area contributed by atoms with Gasteiger partial charge < -0.3 is 19.9 Å². The highest BCUT2D eigenvalue weighted by Gasteiger charge is 2.44. The molecule has 0 aliphatic heterocycles. The second kappa shape index (κ2) is 16.9. The molecule has 2 unspecified atom stereocenters. The number of hydrogen-bond donors (Lipinski definition) is 3. The first-order chi connectivity index (χ1) is 27.3. The lowest BCUT2D eigenvalue weighted by Gasteiger charge is -2.38. The van der Waals surface area contributed by atoms with Crippen LogP contribution in [0, 0.1) is 29.2 Å². The van der Waals surface area contributed by atoms with Gasteiger partial charge in [-0.25, -0.2) is 27.0 Å². The third kappa shape index (κ3) is 9.88. The van der Waals surface area contributed by atoms with Crippen molar-refractivity contribution >= 4 is 29.0 Å². The average Bonchev–Trinajstić information content (AvgIpc) is 3.90. The number of carbonyl (C=O) groups is 2. The molecule has 3 N–H and O–H groups in total. The molecule has 1 aliphatic rings. The van der Waals surface area contributed by atoms with Crippen LogP contribution in [0.2, 0.25) is 0 Å². The molecule has 1 saturated carbocycles. The number of nitrogens with zero attached hydrogens (tertiary/aromatic N) is 3. The van der Waals surface area contributed by atoms with Crippen LogP contribution >= 0.6 is 0 Å². The van der Waals surface area contributed by atoms with Crippen LogP contribution < -0.4 is 15.4 Å². The minimum atomic E-state index is -1.72. The van der Waals surface area contributed by atoms with E-state index >= 15 is 8.78 Å². The van der Waals surface area contributed by atoms with Gasteiger partial charge in [0.2, 0.25) is 0 Å². The first-order valence-corrected chi connectivity index (χ1v) is 20.0. The van der Waals surface area contributed by atoms with Crippen LogP contribution in [0.15, 0.2) is 85.2 Å². The summed E-state index contributed by atoms with van der Waals surface area (Å²) in [5.74, 6) is -5.79. The first-order valence-electron chi connectivity index (χ1n) is 18.9. The van der Waals surface area contributed by atoms with Gasteiger partial charge in [0.05, 0.1) is 17.1 Å². The molecule has 15 heteroatoms. The van der Waals surface area contributed by atoms with Crippen molar-refractivity contribution in [1.29, 1.82) is 0 Å². The van der Waals surface area contributed by atoms with E-state index in [0.29, 0.717) is 29.0 Å². The highest BCUT2D eigenvalue weighted by molar-refractivity contribution is 7.90. The Hall–Kier alpha value is -5.25. The van der Waals surface area contributed by atoms with Gasteiger partial charge in [0.1, 0.15) is 27.4 Å². The average molecular weight is 819 g/mol. The quantitative estimate of drug-likeness (QED) is 0.0613. The van der Waals surface area contributed by atoms with Crippen molar-refractivity contribution < 1.29 is 36.4 Å². The smallest absolute Gasteiger partial charge is 0.407 e. The molecule has 3 aromatic carbocycles. The number of pyridine rings is 1. The molecule has 306 valence electrons. The number of hydrogen-bond acceptors (Lipinski definition) is 7. The van der Waals surface area contributed by atoms with E-state index in [1.54, 1.807) is 69.6 Å². The number of ether oxygens (including phenoxy) is 1. The van der Waals surface area contributed by atoms with Crippen molar-refractivity contribution in [3.8, 4) is 16.9 Å². The summed E-state index contributed by atoms with van der Waals surface area (Å²) in [5, 5.41) is 9.72. The Balaban J connectivity index is 1.41. The van der Waals surface area contributed by atoms with Crippen molar-refractivity contribution in [2.24, 2.45) is 5.92 Å². The number of anilines is 1. The zero-order chi connectivity index (χ0) is 42.0. The molecule has 0 bridgehead atoms. The summed E-state index contributed by atoms with van der Waals surface area (Å²) < 4.78 is 82.4. The zero-order valence-electron chi connectivity index (χ0n) is 33.1.